The Balaban J connectivity index is 1.96. The second-order valence-corrected chi connectivity index (χ2v) is 6.31. The van der Waals surface area contributed by atoms with Gasteiger partial charge in [-0.2, -0.15) is 4.68 Å². The number of aromatic nitrogens is 4. The van der Waals surface area contributed by atoms with Gasteiger partial charge in [-0.3, -0.25) is 4.79 Å². The molecule has 2 atom stereocenters. The topological polar surface area (TPSA) is 99.2 Å². The molecule has 2 N–H and O–H groups in total. The van der Waals surface area contributed by atoms with Crippen molar-refractivity contribution in [3.05, 3.63) is 29.0 Å². The summed E-state index contributed by atoms with van der Waals surface area (Å²) in [5.74, 6) is 0.643. The summed E-state index contributed by atoms with van der Waals surface area (Å²) in [5, 5.41) is 11.4. The van der Waals surface area contributed by atoms with E-state index in [2.05, 4.69) is 15.5 Å². The fourth-order valence-electron chi connectivity index (χ4n) is 3.08. The standard InChI is InChI=1S/C15H19ClN6O2/c1-9-3-10(6-17)7-21(9)15(23)11-4-12(16)13(5-14(11)24-2)22-8-18-19-20-22/h4-5,8-10H,3,6-7,17H2,1-2H3. The molecule has 128 valence electrons. The molecular weight excluding hydrogens is 332 g/mol. The van der Waals surface area contributed by atoms with E-state index in [0.29, 0.717) is 41.0 Å². The number of nitrogens with two attached hydrogens (primary N) is 1. The van der Waals surface area contributed by atoms with Crippen molar-refractivity contribution < 1.29 is 9.53 Å². The summed E-state index contributed by atoms with van der Waals surface area (Å²) in [4.78, 5) is 14.8. The van der Waals surface area contributed by atoms with Crippen LogP contribution in [0.4, 0.5) is 0 Å². The number of ether oxygens (including phenoxy) is 1. The van der Waals surface area contributed by atoms with Gasteiger partial charge in [0.15, 0.2) is 0 Å². The second kappa shape index (κ2) is 6.74. The van der Waals surface area contributed by atoms with Gasteiger partial charge in [-0.1, -0.05) is 11.6 Å². The SMILES string of the molecule is COc1cc(-n2cnnn2)c(Cl)cc1C(=O)N1CC(CN)CC1C. The monoisotopic (exact) mass is 350 g/mol. The van der Waals surface area contributed by atoms with Crippen LogP contribution in [-0.4, -0.2) is 57.3 Å². The first-order valence-corrected chi connectivity index (χ1v) is 8.04. The molecule has 24 heavy (non-hydrogen) atoms. The molecular formula is C15H19ClN6O2. The number of hydrogen-bond acceptors (Lipinski definition) is 6. The number of tetrazole rings is 1. The van der Waals surface area contributed by atoms with E-state index in [0.717, 1.165) is 6.42 Å². The van der Waals surface area contributed by atoms with Crippen molar-refractivity contribution in [2.45, 2.75) is 19.4 Å². The van der Waals surface area contributed by atoms with Gasteiger partial charge in [-0.05, 0) is 42.3 Å². The van der Waals surface area contributed by atoms with Crippen molar-refractivity contribution in [1.82, 2.24) is 25.1 Å². The Morgan fingerprint density at radius 3 is 2.88 bits per heavy atom. The maximum Gasteiger partial charge on any atom is 0.257 e. The summed E-state index contributed by atoms with van der Waals surface area (Å²) in [6, 6.07) is 3.39. The lowest BCUT2D eigenvalue weighted by Gasteiger charge is -2.23. The van der Waals surface area contributed by atoms with Gasteiger partial charge >= 0.3 is 0 Å². The van der Waals surface area contributed by atoms with Crippen LogP contribution < -0.4 is 10.5 Å². The molecule has 9 heteroatoms. The molecule has 0 spiro atoms. The van der Waals surface area contributed by atoms with Crippen LogP contribution in [0.3, 0.4) is 0 Å². The smallest absolute Gasteiger partial charge is 0.257 e. The summed E-state index contributed by atoms with van der Waals surface area (Å²) < 4.78 is 6.81. The maximum atomic E-state index is 12.9. The molecule has 8 nitrogen and oxygen atoms in total. The highest BCUT2D eigenvalue weighted by molar-refractivity contribution is 6.33. The first kappa shape index (κ1) is 16.7. The largest absolute Gasteiger partial charge is 0.496 e. The molecule has 1 fully saturated rings. The summed E-state index contributed by atoms with van der Waals surface area (Å²) in [5.41, 5.74) is 6.71. The molecule has 2 heterocycles. The minimum Gasteiger partial charge on any atom is -0.496 e. The van der Waals surface area contributed by atoms with Crippen LogP contribution in [0.5, 0.6) is 5.75 Å². The van der Waals surface area contributed by atoms with Crippen LogP contribution in [0.1, 0.15) is 23.7 Å². The molecule has 0 radical (unpaired) electrons. The third-order valence-electron chi connectivity index (χ3n) is 4.35. The highest BCUT2D eigenvalue weighted by atomic mass is 35.5. The van der Waals surface area contributed by atoms with E-state index in [9.17, 15) is 4.79 Å². The normalized spacial score (nSPS) is 20.4. The first-order valence-electron chi connectivity index (χ1n) is 7.67. The number of hydrogen-bond donors (Lipinski definition) is 1. The molecule has 1 saturated heterocycles. The van der Waals surface area contributed by atoms with Gasteiger partial charge in [0.05, 0.1) is 23.4 Å². The number of carbonyl (C=O) groups excluding carboxylic acids is 1. The van der Waals surface area contributed by atoms with Crippen LogP contribution in [0.15, 0.2) is 18.5 Å². The van der Waals surface area contributed by atoms with Crippen molar-refractivity contribution in [1.29, 1.82) is 0 Å². The molecule has 1 aliphatic rings. The first-order chi connectivity index (χ1) is 11.5. The highest BCUT2D eigenvalue weighted by Crippen LogP contribution is 2.32. The van der Waals surface area contributed by atoms with E-state index in [1.807, 2.05) is 11.8 Å². The predicted octanol–water partition coefficient (Wildman–Crippen LogP) is 1.13. The summed E-state index contributed by atoms with van der Waals surface area (Å²) in [7, 11) is 1.51. The van der Waals surface area contributed by atoms with Gasteiger partial charge in [-0.15, -0.1) is 5.10 Å². The van der Waals surface area contributed by atoms with Crippen molar-refractivity contribution >= 4 is 17.5 Å². The van der Waals surface area contributed by atoms with Crippen LogP contribution in [-0.2, 0) is 0 Å². The lowest BCUT2D eigenvalue weighted by atomic mass is 10.1. The number of methoxy groups -OCH3 is 1. The van der Waals surface area contributed by atoms with Crippen LogP contribution in [0, 0.1) is 5.92 Å². The molecule has 0 aliphatic carbocycles. The van der Waals surface area contributed by atoms with Gasteiger partial charge < -0.3 is 15.4 Å². The van der Waals surface area contributed by atoms with E-state index < -0.39 is 0 Å². The lowest BCUT2D eigenvalue weighted by molar-refractivity contribution is 0.0740. The highest BCUT2D eigenvalue weighted by Gasteiger charge is 2.33. The molecule has 1 aromatic carbocycles. The maximum absolute atomic E-state index is 12.9. The average molecular weight is 351 g/mol. The number of rotatable bonds is 4. The lowest BCUT2D eigenvalue weighted by Crippen LogP contribution is -2.34. The summed E-state index contributed by atoms with van der Waals surface area (Å²) >= 11 is 6.33. The number of likely N-dealkylation sites (tertiary alicyclic amines) is 1. The van der Waals surface area contributed by atoms with Crippen molar-refractivity contribution in [2.75, 3.05) is 20.2 Å². The Morgan fingerprint density at radius 2 is 2.29 bits per heavy atom. The van der Waals surface area contributed by atoms with E-state index in [1.165, 1.54) is 18.1 Å². The molecule has 0 bridgehead atoms. The number of nitrogens with zero attached hydrogens (tertiary/aromatic N) is 5. The Kier molecular flexibility index (Phi) is 4.68. The second-order valence-electron chi connectivity index (χ2n) is 5.90. The third-order valence-corrected chi connectivity index (χ3v) is 4.65. The summed E-state index contributed by atoms with van der Waals surface area (Å²) in [6.07, 6.45) is 2.33. The Labute approximate surface area is 144 Å². The Morgan fingerprint density at radius 1 is 1.50 bits per heavy atom. The van der Waals surface area contributed by atoms with Crippen molar-refractivity contribution in [3.63, 3.8) is 0 Å². The van der Waals surface area contributed by atoms with Gasteiger partial charge in [-0.25, -0.2) is 0 Å². The van der Waals surface area contributed by atoms with Gasteiger partial charge in [0.2, 0.25) is 0 Å². The third kappa shape index (κ3) is 2.94. The number of benzene rings is 1. The number of amides is 1. The quantitative estimate of drug-likeness (QED) is 0.887. The Hall–Kier alpha value is -2.19. The minimum absolute atomic E-state index is 0.111. The zero-order valence-corrected chi connectivity index (χ0v) is 14.3. The van der Waals surface area contributed by atoms with Gasteiger partial charge in [0.25, 0.3) is 5.91 Å². The predicted molar refractivity (Wildman–Crippen MR) is 88.4 cm³/mol. The molecule has 0 saturated carbocycles. The van der Waals surface area contributed by atoms with E-state index in [4.69, 9.17) is 22.1 Å². The zero-order valence-electron chi connectivity index (χ0n) is 13.5. The average Bonchev–Trinajstić information content (AvgIpc) is 3.23. The fourth-order valence-corrected chi connectivity index (χ4v) is 3.33. The van der Waals surface area contributed by atoms with Crippen LogP contribution in [0.25, 0.3) is 5.69 Å². The van der Waals surface area contributed by atoms with Crippen molar-refractivity contribution in [3.8, 4) is 11.4 Å². The van der Waals surface area contributed by atoms with E-state index in [-0.39, 0.29) is 11.9 Å². The molecule has 3 rings (SSSR count). The van der Waals surface area contributed by atoms with Crippen LogP contribution >= 0.6 is 11.6 Å². The molecule has 2 aromatic rings. The van der Waals surface area contributed by atoms with Crippen molar-refractivity contribution in [2.24, 2.45) is 11.7 Å². The van der Waals surface area contributed by atoms with Gasteiger partial charge in [0, 0.05) is 18.7 Å². The number of carbonyl (C=O) groups is 1. The number of halogens is 1. The Bertz CT molecular complexity index is 736. The molecule has 2 unspecified atom stereocenters. The zero-order chi connectivity index (χ0) is 17.3. The van der Waals surface area contributed by atoms with Gasteiger partial charge in [0.1, 0.15) is 12.1 Å². The summed E-state index contributed by atoms with van der Waals surface area (Å²) in [6.45, 7) is 3.24. The molecule has 1 amide bonds. The molecule has 1 aliphatic heterocycles. The van der Waals surface area contributed by atoms with E-state index in [1.54, 1.807) is 12.1 Å². The fraction of sp³-hybridized carbons (Fsp3) is 0.467. The molecule has 1 aromatic heterocycles. The van der Waals surface area contributed by atoms with Crippen LogP contribution in [0.2, 0.25) is 5.02 Å². The van der Waals surface area contributed by atoms with E-state index >= 15 is 0 Å². The minimum atomic E-state index is -0.111.